The van der Waals surface area contributed by atoms with E-state index in [1.165, 1.54) is 23.4 Å². The summed E-state index contributed by atoms with van der Waals surface area (Å²) in [4.78, 5) is 4.76. The van der Waals surface area contributed by atoms with Crippen molar-refractivity contribution in [2.24, 2.45) is 0 Å². The lowest BCUT2D eigenvalue weighted by Gasteiger charge is -2.49. The zero-order valence-corrected chi connectivity index (χ0v) is 12.7. The average Bonchev–Trinajstić information content (AvgIpc) is 2.57. The third kappa shape index (κ3) is 1.42. The molecule has 2 aliphatic rings. The van der Waals surface area contributed by atoms with Crippen molar-refractivity contribution < 1.29 is 0 Å². The number of fused-ring (bicyclic) bond motifs is 3. The molecule has 3 heteroatoms. The Morgan fingerprint density at radius 2 is 2.00 bits per heavy atom. The van der Waals surface area contributed by atoms with Crippen molar-refractivity contribution in [3.8, 4) is 0 Å². The average molecular weight is 259 g/mol. The molecular weight excluding hydrogens is 234 g/mol. The van der Waals surface area contributed by atoms with E-state index < -0.39 is 0 Å². The smallest absolute Gasteiger partial charge is 0.0645 e. The minimum atomic E-state index is 0.196. The molecule has 0 bridgehead atoms. The molecule has 1 aromatic rings. The number of hydrogen-bond acceptors (Lipinski definition) is 3. The largest absolute Gasteiger partial charge is 0.376 e. The Balaban J connectivity index is 2.25. The highest BCUT2D eigenvalue weighted by Gasteiger charge is 2.56. The van der Waals surface area contributed by atoms with E-state index in [9.17, 15) is 0 Å². The quantitative estimate of drug-likeness (QED) is 0.834. The maximum Gasteiger partial charge on any atom is 0.0645 e. The number of nitrogens with zero attached hydrogens (tertiary/aromatic N) is 2. The molecule has 0 radical (unpaired) electrons. The van der Waals surface area contributed by atoms with Gasteiger partial charge < -0.3 is 15.1 Å². The van der Waals surface area contributed by atoms with Gasteiger partial charge in [0.15, 0.2) is 0 Å². The highest BCUT2D eigenvalue weighted by atomic mass is 15.3. The molecule has 2 heterocycles. The summed E-state index contributed by atoms with van der Waals surface area (Å²) >= 11 is 0. The molecule has 0 aromatic heterocycles. The van der Waals surface area contributed by atoms with Crippen LogP contribution < -0.4 is 15.1 Å². The van der Waals surface area contributed by atoms with Gasteiger partial charge in [-0.2, -0.15) is 0 Å². The van der Waals surface area contributed by atoms with Crippen molar-refractivity contribution >= 4 is 11.4 Å². The van der Waals surface area contributed by atoms with E-state index >= 15 is 0 Å². The topological polar surface area (TPSA) is 18.5 Å². The van der Waals surface area contributed by atoms with E-state index in [4.69, 9.17) is 0 Å². The SMILES string of the molecule is CN(C)c1cccc2c1N(C)[C@@]1(C)CCNC[C@@]21C. The minimum Gasteiger partial charge on any atom is -0.376 e. The van der Waals surface area contributed by atoms with Crippen LogP contribution in [0.3, 0.4) is 0 Å². The second-order valence-corrected chi connectivity index (χ2v) is 6.66. The van der Waals surface area contributed by atoms with Gasteiger partial charge >= 0.3 is 0 Å². The van der Waals surface area contributed by atoms with Crippen molar-refractivity contribution in [3.63, 3.8) is 0 Å². The first-order valence-corrected chi connectivity index (χ1v) is 7.17. The van der Waals surface area contributed by atoms with Crippen LogP contribution in [0.2, 0.25) is 0 Å². The van der Waals surface area contributed by atoms with Crippen molar-refractivity contribution in [3.05, 3.63) is 23.8 Å². The molecule has 1 saturated heterocycles. The van der Waals surface area contributed by atoms with Gasteiger partial charge in [-0.05, 0) is 31.5 Å². The van der Waals surface area contributed by atoms with Gasteiger partial charge in [0.05, 0.1) is 11.4 Å². The normalized spacial score (nSPS) is 33.0. The fraction of sp³-hybridized carbons (Fsp3) is 0.625. The molecular formula is C16H25N3. The molecule has 3 rings (SSSR count). The van der Waals surface area contributed by atoms with Crippen LogP contribution in [0.1, 0.15) is 25.8 Å². The van der Waals surface area contributed by atoms with Gasteiger partial charge in [-0.15, -0.1) is 0 Å². The van der Waals surface area contributed by atoms with Crippen LogP contribution >= 0.6 is 0 Å². The summed E-state index contributed by atoms with van der Waals surface area (Å²) in [6.45, 7) is 7.02. The first-order valence-electron chi connectivity index (χ1n) is 7.17. The molecule has 1 aromatic carbocycles. The number of para-hydroxylation sites is 1. The van der Waals surface area contributed by atoms with Crippen molar-refractivity contribution in [1.82, 2.24) is 5.32 Å². The van der Waals surface area contributed by atoms with Crippen LogP contribution in [0, 0.1) is 0 Å². The van der Waals surface area contributed by atoms with Gasteiger partial charge in [0, 0.05) is 38.6 Å². The summed E-state index contributed by atoms with van der Waals surface area (Å²) in [6, 6.07) is 6.75. The monoisotopic (exact) mass is 259 g/mol. The molecule has 1 N–H and O–H groups in total. The number of hydrogen-bond donors (Lipinski definition) is 1. The Kier molecular flexibility index (Phi) is 2.62. The number of rotatable bonds is 1. The lowest BCUT2D eigenvalue weighted by Crippen LogP contribution is -2.61. The molecule has 0 amide bonds. The van der Waals surface area contributed by atoms with Gasteiger partial charge in [-0.3, -0.25) is 0 Å². The molecule has 19 heavy (non-hydrogen) atoms. The summed E-state index contributed by atoms with van der Waals surface area (Å²) in [5.41, 5.74) is 4.66. The van der Waals surface area contributed by atoms with E-state index in [1.54, 1.807) is 0 Å². The lowest BCUT2D eigenvalue weighted by molar-refractivity contribution is 0.206. The van der Waals surface area contributed by atoms with Gasteiger partial charge in [0.25, 0.3) is 0 Å². The van der Waals surface area contributed by atoms with Crippen molar-refractivity contribution in [2.45, 2.75) is 31.2 Å². The number of anilines is 2. The van der Waals surface area contributed by atoms with Crippen LogP contribution in [-0.4, -0.2) is 39.8 Å². The Hall–Kier alpha value is -1.22. The molecule has 3 nitrogen and oxygen atoms in total. The predicted molar refractivity (Wildman–Crippen MR) is 82.4 cm³/mol. The summed E-state index contributed by atoms with van der Waals surface area (Å²) in [5.74, 6) is 0. The second-order valence-electron chi connectivity index (χ2n) is 6.66. The highest BCUT2D eigenvalue weighted by Crippen LogP contribution is 2.56. The maximum atomic E-state index is 3.59. The zero-order valence-electron chi connectivity index (χ0n) is 12.7. The molecule has 2 atom stereocenters. The molecule has 0 unspecified atom stereocenters. The number of benzene rings is 1. The third-order valence-corrected chi connectivity index (χ3v) is 5.62. The van der Waals surface area contributed by atoms with Crippen LogP contribution in [-0.2, 0) is 5.41 Å². The first-order chi connectivity index (χ1) is 8.92. The fourth-order valence-corrected chi connectivity index (χ4v) is 4.00. The van der Waals surface area contributed by atoms with Gasteiger partial charge in [0.1, 0.15) is 0 Å². The Morgan fingerprint density at radius 3 is 2.68 bits per heavy atom. The summed E-state index contributed by atoms with van der Waals surface area (Å²) in [5, 5.41) is 3.59. The van der Waals surface area contributed by atoms with Crippen LogP contribution in [0.25, 0.3) is 0 Å². The molecule has 2 aliphatic heterocycles. The van der Waals surface area contributed by atoms with Crippen LogP contribution in [0.5, 0.6) is 0 Å². The maximum absolute atomic E-state index is 3.59. The highest BCUT2D eigenvalue weighted by molar-refractivity contribution is 5.81. The Bertz CT molecular complexity index is 511. The zero-order chi connectivity index (χ0) is 13.8. The predicted octanol–water partition coefficient (Wildman–Crippen LogP) is 2.21. The molecule has 0 saturated carbocycles. The fourth-order valence-electron chi connectivity index (χ4n) is 4.00. The van der Waals surface area contributed by atoms with E-state index in [2.05, 4.69) is 68.3 Å². The summed E-state index contributed by atoms with van der Waals surface area (Å²) < 4.78 is 0. The van der Waals surface area contributed by atoms with Crippen molar-refractivity contribution in [2.75, 3.05) is 44.0 Å². The van der Waals surface area contributed by atoms with Gasteiger partial charge in [-0.25, -0.2) is 0 Å². The first kappa shape index (κ1) is 12.8. The number of nitrogens with one attached hydrogen (secondary N) is 1. The lowest BCUT2D eigenvalue weighted by atomic mass is 9.66. The third-order valence-electron chi connectivity index (χ3n) is 5.62. The van der Waals surface area contributed by atoms with E-state index in [0.717, 1.165) is 13.1 Å². The second kappa shape index (κ2) is 3.89. The van der Waals surface area contributed by atoms with Crippen molar-refractivity contribution in [1.29, 1.82) is 0 Å². The standard InChI is InChI=1S/C16H25N3/c1-15-11-17-10-9-16(15,2)19(5)14-12(15)7-6-8-13(14)18(3)4/h6-8,17H,9-11H2,1-5H3/t15-,16-/m0/s1. The van der Waals surface area contributed by atoms with Gasteiger partial charge in [0.2, 0.25) is 0 Å². The molecule has 104 valence electrons. The summed E-state index contributed by atoms with van der Waals surface area (Å²) in [7, 11) is 6.53. The van der Waals surface area contributed by atoms with Gasteiger partial charge in [-0.1, -0.05) is 19.1 Å². The summed E-state index contributed by atoms with van der Waals surface area (Å²) in [6.07, 6.45) is 1.20. The Labute approximate surface area is 116 Å². The number of piperidine rings is 1. The van der Waals surface area contributed by atoms with E-state index in [0.29, 0.717) is 0 Å². The molecule has 1 fully saturated rings. The van der Waals surface area contributed by atoms with Crippen LogP contribution in [0.4, 0.5) is 11.4 Å². The van der Waals surface area contributed by atoms with E-state index in [-0.39, 0.29) is 11.0 Å². The Morgan fingerprint density at radius 1 is 1.26 bits per heavy atom. The molecule has 0 spiro atoms. The minimum absolute atomic E-state index is 0.196. The number of likely N-dealkylation sites (N-methyl/N-ethyl adjacent to an activating group) is 1. The molecule has 0 aliphatic carbocycles. The van der Waals surface area contributed by atoms with Crippen LogP contribution in [0.15, 0.2) is 18.2 Å². The van der Waals surface area contributed by atoms with E-state index in [1.807, 2.05) is 0 Å².